The van der Waals surface area contributed by atoms with E-state index in [2.05, 4.69) is 5.32 Å². The summed E-state index contributed by atoms with van der Waals surface area (Å²) in [5.41, 5.74) is 5.71. The fraction of sp³-hybridized carbons (Fsp3) is 0.909. The molecule has 3 atom stereocenters. The summed E-state index contributed by atoms with van der Waals surface area (Å²) in [6, 6.07) is -0.279. The van der Waals surface area contributed by atoms with E-state index in [9.17, 15) is 9.90 Å². The fourth-order valence-corrected chi connectivity index (χ4v) is 2.05. The molecule has 88 valence electrons. The van der Waals surface area contributed by atoms with Gasteiger partial charge in [0.1, 0.15) is 0 Å². The van der Waals surface area contributed by atoms with Crippen molar-refractivity contribution in [2.45, 2.75) is 63.6 Å². The van der Waals surface area contributed by atoms with Gasteiger partial charge in [-0.15, -0.1) is 0 Å². The Bertz CT molecular complexity index is 209. The molecule has 0 aromatic rings. The predicted molar refractivity (Wildman–Crippen MR) is 59.3 cm³/mol. The third-order valence-corrected chi connectivity index (χ3v) is 2.93. The Hall–Kier alpha value is -0.610. The Kier molecular flexibility index (Phi) is 5.05. The Balaban J connectivity index is 2.30. The largest absolute Gasteiger partial charge is 0.393 e. The molecule has 0 bridgehead atoms. The number of hydrogen-bond donors (Lipinski definition) is 3. The van der Waals surface area contributed by atoms with Crippen LogP contribution in [0.5, 0.6) is 0 Å². The van der Waals surface area contributed by atoms with Crippen LogP contribution in [0.1, 0.15) is 45.4 Å². The third-order valence-electron chi connectivity index (χ3n) is 2.93. The highest BCUT2D eigenvalue weighted by molar-refractivity contribution is 5.81. The number of hydrogen-bond acceptors (Lipinski definition) is 3. The second kappa shape index (κ2) is 6.08. The molecule has 0 aromatic carbocycles. The minimum Gasteiger partial charge on any atom is -0.393 e. The van der Waals surface area contributed by atoms with Crippen LogP contribution in [0.25, 0.3) is 0 Å². The lowest BCUT2D eigenvalue weighted by atomic mass is 9.93. The van der Waals surface area contributed by atoms with Gasteiger partial charge in [0.25, 0.3) is 0 Å². The van der Waals surface area contributed by atoms with Crippen molar-refractivity contribution in [3.05, 3.63) is 0 Å². The van der Waals surface area contributed by atoms with Crippen LogP contribution < -0.4 is 11.1 Å². The summed E-state index contributed by atoms with van der Waals surface area (Å²) in [4.78, 5) is 11.6. The van der Waals surface area contributed by atoms with Gasteiger partial charge in [0.15, 0.2) is 0 Å². The number of carbonyl (C=O) groups excluding carboxylic acids is 1. The molecule has 0 unspecified atom stereocenters. The summed E-state index contributed by atoms with van der Waals surface area (Å²) in [5.74, 6) is -0.0732. The van der Waals surface area contributed by atoms with Crippen molar-refractivity contribution in [3.8, 4) is 0 Å². The SMILES string of the molecule is CCC[C@H](N)C(=O)N[C@H]1CCC[C@@H](O)C1. The molecule has 0 radical (unpaired) electrons. The van der Waals surface area contributed by atoms with Gasteiger partial charge >= 0.3 is 0 Å². The number of aliphatic hydroxyl groups is 1. The molecule has 1 amide bonds. The second-order valence-electron chi connectivity index (χ2n) is 4.42. The van der Waals surface area contributed by atoms with E-state index in [1.807, 2.05) is 6.92 Å². The molecule has 4 nitrogen and oxygen atoms in total. The molecule has 0 heterocycles. The molecule has 1 aliphatic carbocycles. The Morgan fingerprint density at radius 2 is 2.33 bits per heavy atom. The molecule has 1 aliphatic rings. The molecule has 0 saturated heterocycles. The first-order valence-corrected chi connectivity index (χ1v) is 5.87. The fourth-order valence-electron chi connectivity index (χ4n) is 2.05. The zero-order chi connectivity index (χ0) is 11.3. The maximum Gasteiger partial charge on any atom is 0.237 e. The maximum atomic E-state index is 11.6. The molecule has 1 fully saturated rings. The van der Waals surface area contributed by atoms with Gasteiger partial charge in [-0.2, -0.15) is 0 Å². The monoisotopic (exact) mass is 214 g/mol. The van der Waals surface area contributed by atoms with Crippen LogP contribution in [-0.2, 0) is 4.79 Å². The van der Waals surface area contributed by atoms with Gasteiger partial charge in [-0.1, -0.05) is 13.3 Å². The average molecular weight is 214 g/mol. The summed E-state index contributed by atoms with van der Waals surface area (Å²) in [6.45, 7) is 2.01. The topological polar surface area (TPSA) is 75.4 Å². The lowest BCUT2D eigenvalue weighted by Crippen LogP contribution is -2.47. The van der Waals surface area contributed by atoms with Gasteiger partial charge in [0.05, 0.1) is 12.1 Å². The van der Waals surface area contributed by atoms with Crippen LogP contribution in [0.4, 0.5) is 0 Å². The van der Waals surface area contributed by atoms with E-state index in [1.54, 1.807) is 0 Å². The van der Waals surface area contributed by atoms with Crippen molar-refractivity contribution >= 4 is 5.91 Å². The van der Waals surface area contributed by atoms with Crippen molar-refractivity contribution in [2.24, 2.45) is 5.73 Å². The van der Waals surface area contributed by atoms with Crippen molar-refractivity contribution in [2.75, 3.05) is 0 Å². The van der Waals surface area contributed by atoms with Gasteiger partial charge in [-0.05, 0) is 32.1 Å². The van der Waals surface area contributed by atoms with Crippen molar-refractivity contribution in [3.63, 3.8) is 0 Å². The highest BCUT2D eigenvalue weighted by Gasteiger charge is 2.23. The van der Waals surface area contributed by atoms with Crippen LogP contribution in [0.2, 0.25) is 0 Å². The van der Waals surface area contributed by atoms with E-state index >= 15 is 0 Å². The highest BCUT2D eigenvalue weighted by atomic mass is 16.3. The van der Waals surface area contributed by atoms with E-state index in [4.69, 9.17) is 5.73 Å². The Morgan fingerprint density at radius 1 is 1.60 bits per heavy atom. The van der Waals surface area contributed by atoms with Crippen molar-refractivity contribution in [1.29, 1.82) is 0 Å². The molecular formula is C11H22N2O2. The molecule has 0 aromatic heterocycles. The molecule has 15 heavy (non-hydrogen) atoms. The molecule has 1 saturated carbocycles. The summed E-state index contributed by atoms with van der Waals surface area (Å²) in [7, 11) is 0. The van der Waals surface area contributed by atoms with Gasteiger partial charge in [0, 0.05) is 6.04 Å². The van der Waals surface area contributed by atoms with Crippen LogP contribution >= 0.6 is 0 Å². The minimum absolute atomic E-state index is 0.0732. The second-order valence-corrected chi connectivity index (χ2v) is 4.42. The molecule has 0 spiro atoms. The van der Waals surface area contributed by atoms with E-state index in [0.29, 0.717) is 6.42 Å². The number of rotatable bonds is 4. The van der Waals surface area contributed by atoms with Gasteiger partial charge < -0.3 is 16.2 Å². The first-order chi connectivity index (χ1) is 7.13. The number of carbonyl (C=O) groups is 1. The number of amides is 1. The quantitative estimate of drug-likeness (QED) is 0.639. The number of nitrogens with one attached hydrogen (secondary N) is 1. The molecule has 4 N–H and O–H groups in total. The van der Waals surface area contributed by atoms with Crippen LogP contribution in [-0.4, -0.2) is 29.2 Å². The van der Waals surface area contributed by atoms with Gasteiger partial charge in [-0.3, -0.25) is 4.79 Å². The normalized spacial score (nSPS) is 28.5. The van der Waals surface area contributed by atoms with E-state index < -0.39 is 6.04 Å². The number of nitrogens with two attached hydrogens (primary N) is 1. The van der Waals surface area contributed by atoms with Crippen molar-refractivity contribution in [1.82, 2.24) is 5.32 Å². The van der Waals surface area contributed by atoms with Gasteiger partial charge in [-0.25, -0.2) is 0 Å². The summed E-state index contributed by atoms with van der Waals surface area (Å²) in [5, 5.41) is 12.4. The van der Waals surface area contributed by atoms with Gasteiger partial charge in [0.2, 0.25) is 5.91 Å². The molecular weight excluding hydrogens is 192 g/mol. The average Bonchev–Trinajstić information content (AvgIpc) is 2.18. The first-order valence-electron chi connectivity index (χ1n) is 5.87. The minimum atomic E-state index is -0.394. The maximum absolute atomic E-state index is 11.6. The van der Waals surface area contributed by atoms with E-state index in [0.717, 1.165) is 32.1 Å². The summed E-state index contributed by atoms with van der Waals surface area (Å²) < 4.78 is 0. The highest BCUT2D eigenvalue weighted by Crippen LogP contribution is 2.18. The molecule has 1 rings (SSSR count). The first kappa shape index (κ1) is 12.5. The lowest BCUT2D eigenvalue weighted by Gasteiger charge is -2.27. The number of aliphatic hydroxyl groups excluding tert-OH is 1. The van der Waals surface area contributed by atoms with Crippen LogP contribution in [0.15, 0.2) is 0 Å². The van der Waals surface area contributed by atoms with Crippen LogP contribution in [0, 0.1) is 0 Å². The Morgan fingerprint density at radius 3 is 2.93 bits per heavy atom. The third kappa shape index (κ3) is 4.18. The summed E-state index contributed by atoms with van der Waals surface area (Å²) >= 11 is 0. The standard InChI is InChI=1S/C11H22N2O2/c1-2-4-10(12)11(15)13-8-5-3-6-9(14)7-8/h8-10,14H,2-7,12H2,1H3,(H,13,15)/t8-,9+,10-/m0/s1. The van der Waals surface area contributed by atoms with E-state index in [-0.39, 0.29) is 18.1 Å². The van der Waals surface area contributed by atoms with E-state index in [1.165, 1.54) is 0 Å². The zero-order valence-corrected chi connectivity index (χ0v) is 9.41. The van der Waals surface area contributed by atoms with Crippen molar-refractivity contribution < 1.29 is 9.90 Å². The predicted octanol–water partition coefficient (Wildman–Crippen LogP) is 0.533. The smallest absolute Gasteiger partial charge is 0.237 e. The molecule has 0 aliphatic heterocycles. The molecule has 4 heteroatoms. The lowest BCUT2D eigenvalue weighted by molar-refractivity contribution is -0.123. The zero-order valence-electron chi connectivity index (χ0n) is 9.41. The summed E-state index contributed by atoms with van der Waals surface area (Å²) in [6.07, 6.45) is 4.85. The Labute approximate surface area is 91.2 Å². The van der Waals surface area contributed by atoms with Crippen LogP contribution in [0.3, 0.4) is 0 Å².